The first-order valence-electron chi connectivity index (χ1n) is 8.61. The number of pyridine rings is 1. The number of carbonyl (C=O) groups excluding carboxylic acids is 1. The van der Waals surface area contributed by atoms with Crippen LogP contribution in [0.2, 0.25) is 0 Å². The van der Waals surface area contributed by atoms with E-state index in [9.17, 15) is 14.7 Å². The van der Waals surface area contributed by atoms with Crippen LogP contribution in [0.1, 0.15) is 28.8 Å². The molecule has 0 spiro atoms. The van der Waals surface area contributed by atoms with E-state index in [2.05, 4.69) is 4.98 Å². The lowest BCUT2D eigenvalue weighted by Crippen LogP contribution is -2.49. The number of hydrogen-bond donors (Lipinski definition) is 1. The van der Waals surface area contributed by atoms with Crippen molar-refractivity contribution >= 4 is 17.5 Å². The van der Waals surface area contributed by atoms with E-state index in [1.165, 1.54) is 0 Å². The fraction of sp³-hybridized carbons (Fsp3) is 0.250. The Morgan fingerprint density at radius 3 is 2.46 bits per heavy atom. The van der Waals surface area contributed by atoms with E-state index in [1.807, 2.05) is 40.8 Å². The Morgan fingerprint density at radius 2 is 1.77 bits per heavy atom. The maximum absolute atomic E-state index is 12.8. The van der Waals surface area contributed by atoms with Gasteiger partial charge in [0.2, 0.25) is 0 Å². The van der Waals surface area contributed by atoms with E-state index in [4.69, 9.17) is 0 Å². The Hall–Kier alpha value is -3.15. The minimum Gasteiger partial charge on any atom is -0.481 e. The van der Waals surface area contributed by atoms with Crippen molar-refractivity contribution in [2.45, 2.75) is 18.3 Å². The highest BCUT2D eigenvalue weighted by Crippen LogP contribution is 2.36. The summed E-state index contributed by atoms with van der Waals surface area (Å²) in [7, 11) is 0. The van der Waals surface area contributed by atoms with Crippen LogP contribution in [0.3, 0.4) is 0 Å². The first kappa shape index (κ1) is 16.3. The van der Waals surface area contributed by atoms with Gasteiger partial charge in [-0.15, -0.1) is 0 Å². The van der Waals surface area contributed by atoms with Gasteiger partial charge >= 0.3 is 5.97 Å². The van der Waals surface area contributed by atoms with E-state index in [1.54, 1.807) is 29.6 Å². The second-order valence-electron chi connectivity index (χ2n) is 6.66. The summed E-state index contributed by atoms with van der Waals surface area (Å²) in [6, 6.07) is 12.9. The number of carboxylic acid groups (broad SMARTS) is 1. The van der Waals surface area contributed by atoms with Crippen molar-refractivity contribution in [2.24, 2.45) is 0 Å². The minimum atomic E-state index is -0.924. The number of benzene rings is 1. The van der Waals surface area contributed by atoms with E-state index in [-0.39, 0.29) is 5.91 Å². The monoisotopic (exact) mass is 349 g/mol. The number of imidazole rings is 1. The molecule has 132 valence electrons. The Labute approximate surface area is 150 Å². The highest BCUT2D eigenvalue weighted by atomic mass is 16.4. The molecule has 1 aliphatic rings. The van der Waals surface area contributed by atoms with Gasteiger partial charge in [0.25, 0.3) is 5.91 Å². The Balaban J connectivity index is 1.55. The lowest BCUT2D eigenvalue weighted by molar-refractivity contribution is -0.145. The summed E-state index contributed by atoms with van der Waals surface area (Å²) in [4.78, 5) is 30.8. The molecule has 0 aliphatic carbocycles. The molecule has 1 aliphatic heterocycles. The molecule has 0 bridgehead atoms. The number of aliphatic carboxylic acids is 1. The van der Waals surface area contributed by atoms with Gasteiger partial charge in [-0.2, -0.15) is 0 Å². The molecule has 1 amide bonds. The van der Waals surface area contributed by atoms with E-state index in [0.717, 1.165) is 11.2 Å². The summed E-state index contributed by atoms with van der Waals surface area (Å²) in [5.74, 6) is -0.900. The first-order chi connectivity index (χ1) is 12.6. The Morgan fingerprint density at radius 1 is 1.04 bits per heavy atom. The summed E-state index contributed by atoms with van der Waals surface area (Å²) in [6.45, 7) is 0.837. The van der Waals surface area contributed by atoms with Crippen molar-refractivity contribution in [3.05, 3.63) is 72.2 Å². The summed E-state index contributed by atoms with van der Waals surface area (Å²) in [6.07, 6.45) is 6.07. The van der Waals surface area contributed by atoms with Gasteiger partial charge < -0.3 is 14.4 Å². The van der Waals surface area contributed by atoms with E-state index in [0.29, 0.717) is 31.5 Å². The minimum absolute atomic E-state index is 0.0762. The van der Waals surface area contributed by atoms with Gasteiger partial charge in [-0.05, 0) is 30.5 Å². The maximum atomic E-state index is 12.8. The van der Waals surface area contributed by atoms with Crippen LogP contribution in [0.15, 0.2) is 61.1 Å². The van der Waals surface area contributed by atoms with Crippen LogP contribution in [-0.2, 0) is 10.2 Å². The predicted molar refractivity (Wildman–Crippen MR) is 96.1 cm³/mol. The molecule has 3 aromatic rings. The molecule has 6 heteroatoms. The molecule has 4 rings (SSSR count). The highest BCUT2D eigenvalue weighted by molar-refractivity contribution is 5.94. The number of nitrogens with zero attached hydrogens (tertiary/aromatic N) is 3. The van der Waals surface area contributed by atoms with Crippen LogP contribution in [0, 0.1) is 0 Å². The van der Waals surface area contributed by atoms with Crippen molar-refractivity contribution in [3.63, 3.8) is 0 Å². The third-order valence-electron chi connectivity index (χ3n) is 5.28. The lowest BCUT2D eigenvalue weighted by atomic mass is 9.73. The SMILES string of the molecule is O=C(c1ccc2nccn2c1)N1CCC(C(=O)O)(c2ccccc2)CC1. The van der Waals surface area contributed by atoms with Crippen molar-refractivity contribution < 1.29 is 14.7 Å². The smallest absolute Gasteiger partial charge is 0.314 e. The first-order valence-corrected chi connectivity index (χ1v) is 8.61. The van der Waals surface area contributed by atoms with Crippen LogP contribution in [0.4, 0.5) is 0 Å². The van der Waals surface area contributed by atoms with Crippen molar-refractivity contribution in [2.75, 3.05) is 13.1 Å². The lowest BCUT2D eigenvalue weighted by Gasteiger charge is -2.39. The Kier molecular flexibility index (Phi) is 3.95. The number of carbonyl (C=O) groups is 2. The molecule has 1 saturated heterocycles. The normalized spacial score (nSPS) is 16.5. The number of carboxylic acids is 1. The molecule has 6 nitrogen and oxygen atoms in total. The second kappa shape index (κ2) is 6.29. The molecule has 0 unspecified atom stereocenters. The average molecular weight is 349 g/mol. The highest BCUT2D eigenvalue weighted by Gasteiger charge is 2.43. The molecule has 1 N–H and O–H groups in total. The van der Waals surface area contributed by atoms with Gasteiger partial charge in [-0.1, -0.05) is 30.3 Å². The Bertz CT molecular complexity index is 957. The number of aromatic nitrogens is 2. The summed E-state index contributed by atoms with van der Waals surface area (Å²) in [5, 5.41) is 9.87. The van der Waals surface area contributed by atoms with Gasteiger partial charge in [0.15, 0.2) is 0 Å². The van der Waals surface area contributed by atoms with Crippen molar-refractivity contribution in [1.82, 2.24) is 14.3 Å². The summed E-state index contributed by atoms with van der Waals surface area (Å²) >= 11 is 0. The fourth-order valence-corrected chi connectivity index (χ4v) is 3.70. The number of rotatable bonds is 3. The number of fused-ring (bicyclic) bond motifs is 1. The molecule has 2 aromatic heterocycles. The molecule has 0 radical (unpaired) electrons. The standard InChI is InChI=1S/C20H19N3O3/c24-18(15-6-7-17-21-10-13-23(17)14-15)22-11-8-20(9-12-22,19(25)26)16-4-2-1-3-5-16/h1-7,10,13-14H,8-9,11-12H2,(H,25,26). The number of amides is 1. The van der Waals surface area contributed by atoms with Gasteiger partial charge in [-0.25, -0.2) is 4.98 Å². The number of hydrogen-bond acceptors (Lipinski definition) is 3. The van der Waals surface area contributed by atoms with E-state index >= 15 is 0 Å². The predicted octanol–water partition coefficient (Wildman–Crippen LogP) is 2.59. The molecular weight excluding hydrogens is 330 g/mol. The molecule has 3 heterocycles. The third-order valence-corrected chi connectivity index (χ3v) is 5.28. The van der Waals surface area contributed by atoms with Crippen LogP contribution < -0.4 is 0 Å². The van der Waals surface area contributed by atoms with Crippen LogP contribution >= 0.6 is 0 Å². The van der Waals surface area contributed by atoms with Gasteiger partial charge in [0.05, 0.1) is 11.0 Å². The molecule has 26 heavy (non-hydrogen) atoms. The van der Waals surface area contributed by atoms with E-state index < -0.39 is 11.4 Å². The van der Waals surface area contributed by atoms with Crippen LogP contribution in [0.25, 0.3) is 5.65 Å². The molecular formula is C20H19N3O3. The quantitative estimate of drug-likeness (QED) is 0.789. The largest absolute Gasteiger partial charge is 0.481 e. The molecule has 0 atom stereocenters. The topological polar surface area (TPSA) is 74.9 Å². The van der Waals surface area contributed by atoms with Crippen LogP contribution in [-0.4, -0.2) is 44.4 Å². The molecule has 1 aromatic carbocycles. The van der Waals surface area contributed by atoms with Crippen molar-refractivity contribution in [3.8, 4) is 0 Å². The molecule has 0 saturated carbocycles. The maximum Gasteiger partial charge on any atom is 0.314 e. The van der Waals surface area contributed by atoms with Crippen molar-refractivity contribution in [1.29, 1.82) is 0 Å². The summed E-state index contributed by atoms with van der Waals surface area (Å²) in [5.41, 5.74) is 1.25. The zero-order valence-electron chi connectivity index (χ0n) is 14.2. The number of likely N-dealkylation sites (tertiary alicyclic amines) is 1. The third kappa shape index (κ3) is 2.63. The zero-order chi connectivity index (χ0) is 18.1. The fourth-order valence-electron chi connectivity index (χ4n) is 3.70. The van der Waals surface area contributed by atoms with Gasteiger partial charge in [0.1, 0.15) is 5.65 Å². The summed E-state index contributed by atoms with van der Waals surface area (Å²) < 4.78 is 1.81. The molecule has 1 fully saturated rings. The second-order valence-corrected chi connectivity index (χ2v) is 6.66. The number of piperidine rings is 1. The van der Waals surface area contributed by atoms with Gasteiger partial charge in [0, 0.05) is 31.7 Å². The van der Waals surface area contributed by atoms with Gasteiger partial charge in [-0.3, -0.25) is 9.59 Å². The average Bonchev–Trinajstić information content (AvgIpc) is 3.16. The van der Waals surface area contributed by atoms with Crippen LogP contribution in [0.5, 0.6) is 0 Å². The zero-order valence-corrected chi connectivity index (χ0v) is 14.2.